The minimum atomic E-state index is -1.63. The quantitative estimate of drug-likeness (QED) is 0.0150. The summed E-state index contributed by atoms with van der Waals surface area (Å²) in [4.78, 5) is 26.3. The summed E-state index contributed by atoms with van der Waals surface area (Å²) in [6.07, 6.45) is 44.9. The monoisotopic (exact) mass is 942 g/mol. The molecule has 8 atom stereocenters. The lowest BCUT2D eigenvalue weighted by molar-refractivity contribution is -0.305. The fraction of sp³-hybridized carbons (Fsp3) is 0.714. The minimum absolute atomic E-state index is 0.0696. The normalized spacial score (nSPS) is 20.7. The van der Waals surface area contributed by atoms with E-state index in [0.29, 0.717) is 12.8 Å². The van der Waals surface area contributed by atoms with Crippen molar-refractivity contribution in [3.8, 4) is 0 Å². The van der Waals surface area contributed by atoms with Gasteiger partial charge in [0.2, 0.25) is 5.91 Å². The molecule has 1 rings (SSSR count). The Kier molecular flexibility index (Phi) is 40.7. The van der Waals surface area contributed by atoms with Crippen LogP contribution in [0.15, 0.2) is 85.1 Å². The molecule has 11 heteroatoms. The Balaban J connectivity index is 2.82. The average Bonchev–Trinajstić information content (AvgIpc) is 3.32. The number of unbranched alkanes of at least 4 members (excludes halogenated alkanes) is 20. The van der Waals surface area contributed by atoms with Crippen molar-refractivity contribution in [2.75, 3.05) is 13.2 Å². The van der Waals surface area contributed by atoms with Crippen LogP contribution >= 0.6 is 0 Å². The van der Waals surface area contributed by atoms with Crippen molar-refractivity contribution in [2.45, 2.75) is 243 Å². The first-order chi connectivity index (χ1) is 32.7. The third-order valence-electron chi connectivity index (χ3n) is 11.9. The molecule has 0 aromatic carbocycles. The molecule has 0 bridgehead atoms. The van der Waals surface area contributed by atoms with Crippen molar-refractivity contribution in [3.05, 3.63) is 85.1 Å². The number of amides is 1. The molecule has 0 saturated carbocycles. The van der Waals surface area contributed by atoms with Gasteiger partial charge < -0.3 is 45.1 Å². The topological polar surface area (TPSA) is 175 Å². The van der Waals surface area contributed by atoms with Crippen molar-refractivity contribution >= 4 is 11.9 Å². The van der Waals surface area contributed by atoms with Gasteiger partial charge >= 0.3 is 5.97 Å². The summed E-state index contributed by atoms with van der Waals surface area (Å²) in [6.45, 7) is 5.53. The fourth-order valence-electron chi connectivity index (χ4n) is 7.65. The Hall–Kier alpha value is -3.16. The number of ether oxygens (including phenoxy) is 3. The number of nitrogens with one attached hydrogen (secondary N) is 1. The number of esters is 1. The number of carbonyl (C=O) groups is 2. The largest absolute Gasteiger partial charge is 0.454 e. The SMILES string of the molecule is CC/C=C/C=C/C=C\C=C/C=C/CCCCCC(=O)OC1C(OCC(NC(=O)C(O)CCCCCC/C=C\CCCC)C(O)/C=C/CCCCCCCCCCCCC)OC(CO)C(O)C1O. The van der Waals surface area contributed by atoms with E-state index >= 15 is 0 Å². The first kappa shape index (κ1) is 61.9. The molecule has 6 N–H and O–H groups in total. The van der Waals surface area contributed by atoms with E-state index < -0.39 is 67.4 Å². The Bertz CT molecular complexity index is 1410. The summed E-state index contributed by atoms with van der Waals surface area (Å²) >= 11 is 0. The predicted octanol–water partition coefficient (Wildman–Crippen LogP) is 11.0. The lowest BCUT2D eigenvalue weighted by Crippen LogP contribution is -2.61. The number of carbonyl (C=O) groups excluding carboxylic acids is 2. The van der Waals surface area contributed by atoms with Crippen LogP contribution < -0.4 is 5.32 Å². The van der Waals surface area contributed by atoms with Gasteiger partial charge in [0.15, 0.2) is 12.4 Å². The van der Waals surface area contributed by atoms with E-state index in [9.17, 15) is 35.1 Å². The van der Waals surface area contributed by atoms with E-state index in [2.05, 4.69) is 50.4 Å². The Morgan fingerprint density at radius 3 is 1.70 bits per heavy atom. The maximum absolute atomic E-state index is 13.3. The molecule has 0 aromatic heterocycles. The second-order valence-electron chi connectivity index (χ2n) is 18.0. The summed E-state index contributed by atoms with van der Waals surface area (Å²) in [5, 5.41) is 56.6. The van der Waals surface area contributed by atoms with Gasteiger partial charge in [0.1, 0.15) is 24.4 Å². The number of hydrogen-bond donors (Lipinski definition) is 6. The van der Waals surface area contributed by atoms with Crippen LogP contribution in [0.5, 0.6) is 0 Å². The van der Waals surface area contributed by atoms with Crippen LogP contribution in [0.3, 0.4) is 0 Å². The van der Waals surface area contributed by atoms with E-state index in [1.165, 1.54) is 70.6 Å². The number of rotatable bonds is 42. The second kappa shape index (κ2) is 44.1. The number of hydrogen-bond acceptors (Lipinski definition) is 10. The van der Waals surface area contributed by atoms with E-state index in [-0.39, 0.29) is 19.4 Å². The molecule has 1 aliphatic rings. The standard InChI is InChI=1S/C56H95NO10/c1-4-7-10-13-16-19-22-24-25-27-29-32-35-38-41-44-51(61)67-54-53(63)52(62)50(45-58)66-56(54)65-46-47(48(59)42-39-36-33-31-28-26-23-20-17-14-11-8-5-2)57-55(64)49(60)43-40-37-34-30-21-18-15-12-9-6-3/h7,10,13,15-16,18-19,22,24-25,27,29,39,42,47-50,52-54,56,58-60,62-63H,4-6,8-9,11-12,14,17,20-21,23,26,28,30-38,40-41,43-46H2,1-3H3,(H,57,64)/b10-7+,16-13+,18-15-,22-19-,25-24-,29-27+,42-39+. The molecule has 67 heavy (non-hydrogen) atoms. The van der Waals surface area contributed by atoms with Crippen LogP contribution in [0.25, 0.3) is 0 Å². The molecule has 11 nitrogen and oxygen atoms in total. The second-order valence-corrected chi connectivity index (χ2v) is 18.0. The molecular formula is C56H95NO10. The molecular weight excluding hydrogens is 847 g/mol. The third kappa shape index (κ3) is 33.1. The van der Waals surface area contributed by atoms with Gasteiger partial charge in [-0.25, -0.2) is 0 Å². The zero-order valence-electron chi connectivity index (χ0n) is 42.0. The van der Waals surface area contributed by atoms with Crippen molar-refractivity contribution in [1.82, 2.24) is 5.32 Å². The lowest BCUT2D eigenvalue weighted by Gasteiger charge is -2.41. The Morgan fingerprint density at radius 1 is 0.597 bits per heavy atom. The zero-order valence-corrected chi connectivity index (χ0v) is 42.0. The van der Waals surface area contributed by atoms with Gasteiger partial charge in [-0.1, -0.05) is 209 Å². The first-order valence-electron chi connectivity index (χ1n) is 26.4. The van der Waals surface area contributed by atoms with E-state index in [1.54, 1.807) is 6.08 Å². The highest BCUT2D eigenvalue weighted by Gasteiger charge is 2.47. The smallest absolute Gasteiger partial charge is 0.306 e. The van der Waals surface area contributed by atoms with Gasteiger partial charge in [-0.05, 0) is 64.2 Å². The maximum Gasteiger partial charge on any atom is 0.306 e. The summed E-state index contributed by atoms with van der Waals surface area (Å²) < 4.78 is 17.5. The highest BCUT2D eigenvalue weighted by Crippen LogP contribution is 2.26. The Labute approximate surface area is 406 Å². The molecule has 1 fully saturated rings. The van der Waals surface area contributed by atoms with Crippen LogP contribution in [0, 0.1) is 0 Å². The van der Waals surface area contributed by atoms with Gasteiger partial charge in [0.05, 0.1) is 25.4 Å². The maximum atomic E-state index is 13.3. The lowest BCUT2D eigenvalue weighted by atomic mass is 9.99. The van der Waals surface area contributed by atoms with Crippen LogP contribution in [-0.4, -0.2) is 99.6 Å². The average molecular weight is 942 g/mol. The van der Waals surface area contributed by atoms with Gasteiger partial charge in [0, 0.05) is 6.42 Å². The van der Waals surface area contributed by atoms with Gasteiger partial charge in [0.25, 0.3) is 0 Å². The number of allylic oxidation sites excluding steroid dienone is 13. The first-order valence-corrected chi connectivity index (χ1v) is 26.4. The summed E-state index contributed by atoms with van der Waals surface area (Å²) in [7, 11) is 0. The molecule has 1 aliphatic heterocycles. The van der Waals surface area contributed by atoms with Crippen LogP contribution in [0.2, 0.25) is 0 Å². The van der Waals surface area contributed by atoms with Crippen LogP contribution in [0.1, 0.15) is 194 Å². The molecule has 1 amide bonds. The molecule has 8 unspecified atom stereocenters. The van der Waals surface area contributed by atoms with E-state index in [0.717, 1.165) is 77.0 Å². The number of aliphatic hydroxyl groups excluding tert-OH is 5. The van der Waals surface area contributed by atoms with E-state index in [4.69, 9.17) is 14.2 Å². The highest BCUT2D eigenvalue weighted by atomic mass is 16.7. The van der Waals surface area contributed by atoms with Crippen molar-refractivity contribution in [3.63, 3.8) is 0 Å². The molecule has 1 saturated heterocycles. The van der Waals surface area contributed by atoms with E-state index in [1.807, 2.05) is 54.7 Å². The van der Waals surface area contributed by atoms with Crippen molar-refractivity contribution in [2.24, 2.45) is 0 Å². The van der Waals surface area contributed by atoms with Gasteiger partial charge in [-0.15, -0.1) is 0 Å². The molecule has 0 aliphatic carbocycles. The molecule has 0 spiro atoms. The Morgan fingerprint density at radius 2 is 1.10 bits per heavy atom. The molecule has 0 aromatic rings. The van der Waals surface area contributed by atoms with Gasteiger partial charge in [-0.2, -0.15) is 0 Å². The third-order valence-corrected chi connectivity index (χ3v) is 11.9. The summed E-state index contributed by atoms with van der Waals surface area (Å²) in [6, 6.07) is -1.04. The van der Waals surface area contributed by atoms with Gasteiger partial charge in [-0.3, -0.25) is 9.59 Å². The molecule has 0 radical (unpaired) electrons. The fourth-order valence-corrected chi connectivity index (χ4v) is 7.65. The number of aliphatic hydroxyl groups is 5. The zero-order chi connectivity index (χ0) is 49.0. The summed E-state index contributed by atoms with van der Waals surface area (Å²) in [5.41, 5.74) is 0. The van der Waals surface area contributed by atoms with Crippen molar-refractivity contribution < 1.29 is 49.3 Å². The highest BCUT2D eigenvalue weighted by molar-refractivity contribution is 5.80. The van der Waals surface area contributed by atoms with Crippen LogP contribution in [0.4, 0.5) is 0 Å². The molecule has 1 heterocycles. The predicted molar refractivity (Wildman–Crippen MR) is 273 cm³/mol. The minimum Gasteiger partial charge on any atom is -0.454 e. The summed E-state index contributed by atoms with van der Waals surface area (Å²) in [5.74, 6) is -1.26. The van der Waals surface area contributed by atoms with Crippen molar-refractivity contribution in [1.29, 1.82) is 0 Å². The van der Waals surface area contributed by atoms with Crippen LogP contribution in [-0.2, 0) is 23.8 Å². The molecule has 384 valence electrons.